The van der Waals surface area contributed by atoms with Crippen LogP contribution in [-0.2, 0) is 14.3 Å². The summed E-state index contributed by atoms with van der Waals surface area (Å²) in [5.41, 5.74) is -1.24. The fourth-order valence-electron chi connectivity index (χ4n) is 1.56. The molecule has 23 heavy (non-hydrogen) atoms. The fourth-order valence-corrected chi connectivity index (χ4v) is 1.56. The molecule has 134 valence electrons. The van der Waals surface area contributed by atoms with Crippen molar-refractivity contribution in [2.75, 3.05) is 0 Å². The molecule has 0 rings (SSSR count). The number of alkyl halides is 6. The van der Waals surface area contributed by atoms with Gasteiger partial charge in [0.2, 0.25) is 0 Å². The number of carboxylic acid groups (broad SMARTS) is 1. The van der Waals surface area contributed by atoms with E-state index in [0.717, 1.165) is 0 Å². The quantitative estimate of drug-likeness (QED) is 0.434. The van der Waals surface area contributed by atoms with Crippen molar-refractivity contribution in [1.82, 2.24) is 0 Å². The van der Waals surface area contributed by atoms with Crippen LogP contribution in [0.5, 0.6) is 0 Å². The third-order valence-electron chi connectivity index (χ3n) is 2.82. The average molecular weight is 349 g/mol. The van der Waals surface area contributed by atoms with Crippen molar-refractivity contribution in [3.05, 3.63) is 12.2 Å². The number of ether oxygens (including phenoxy) is 1. The lowest BCUT2D eigenvalue weighted by Crippen LogP contribution is -2.43. The molecule has 1 atom stereocenters. The van der Waals surface area contributed by atoms with Gasteiger partial charge in [-0.15, -0.1) is 0 Å². The smallest absolute Gasteiger partial charge is 0.400 e. The monoisotopic (exact) mass is 349 g/mol. The highest BCUT2D eigenvalue weighted by Crippen LogP contribution is 2.44. The minimum atomic E-state index is -5.56. The number of hydrogen-bond acceptors (Lipinski definition) is 4. The summed E-state index contributed by atoms with van der Waals surface area (Å²) in [6, 6.07) is 0. The molecule has 0 aliphatic carbocycles. The highest BCUT2D eigenvalue weighted by molar-refractivity contribution is 5.89. The zero-order chi connectivity index (χ0) is 18.6. The van der Waals surface area contributed by atoms with Crippen molar-refractivity contribution < 1.29 is 45.8 Å². The number of carbonyl (C=O) groups is 2. The molecule has 0 saturated heterocycles. The van der Waals surface area contributed by atoms with E-state index in [1.807, 2.05) is 0 Å². The second-order valence-electron chi connectivity index (χ2n) is 5.82. The fraction of sp³-hybridized carbons (Fsp3) is 0.692. The van der Waals surface area contributed by atoms with Crippen molar-refractivity contribution in [2.24, 2.45) is 11.3 Å². The van der Waals surface area contributed by atoms with Crippen molar-refractivity contribution in [2.45, 2.75) is 45.6 Å². The van der Waals surface area contributed by atoms with E-state index in [9.17, 15) is 41.0 Å². The summed E-state index contributed by atoms with van der Waals surface area (Å²) in [7, 11) is 0. The first kappa shape index (κ1) is 21.3. The van der Waals surface area contributed by atoms with Gasteiger partial charge in [0.05, 0.1) is 5.97 Å². The molecule has 4 nitrogen and oxygen atoms in total. The molecule has 1 unspecified atom stereocenters. The summed E-state index contributed by atoms with van der Waals surface area (Å²) in [5, 5.41) is 10.1. The summed E-state index contributed by atoms with van der Waals surface area (Å²) >= 11 is 0. The Kier molecular flexibility index (Phi) is 6.68. The lowest BCUT2D eigenvalue weighted by Gasteiger charge is -2.34. The molecule has 0 saturated carbocycles. The van der Waals surface area contributed by atoms with Crippen molar-refractivity contribution in [1.29, 1.82) is 0 Å². The van der Waals surface area contributed by atoms with Crippen LogP contribution in [0.4, 0.5) is 26.3 Å². The zero-order valence-electron chi connectivity index (χ0n) is 12.4. The Morgan fingerprint density at radius 2 is 1.43 bits per heavy atom. The van der Waals surface area contributed by atoms with E-state index in [0.29, 0.717) is 6.08 Å². The van der Waals surface area contributed by atoms with Gasteiger partial charge in [-0.2, -0.15) is 26.3 Å². The summed E-state index contributed by atoms with van der Waals surface area (Å²) in [4.78, 5) is 21.4. The topological polar surface area (TPSA) is 66.4 Å². The van der Waals surface area contributed by atoms with Gasteiger partial charge in [0, 0.05) is 12.5 Å². The second-order valence-corrected chi connectivity index (χ2v) is 5.82. The molecule has 0 amide bonds. The van der Waals surface area contributed by atoms with Crippen LogP contribution in [0.3, 0.4) is 0 Å². The van der Waals surface area contributed by atoms with Crippen molar-refractivity contribution >= 4 is 11.9 Å². The largest absolute Gasteiger partial charge is 0.545 e. The lowest BCUT2D eigenvalue weighted by molar-refractivity contribution is -0.297. The van der Waals surface area contributed by atoms with E-state index >= 15 is 0 Å². The van der Waals surface area contributed by atoms with Crippen LogP contribution < -0.4 is 5.11 Å². The molecule has 0 aromatic carbocycles. The molecule has 0 N–H and O–H groups in total. The highest BCUT2D eigenvalue weighted by atomic mass is 19.4. The molecule has 0 spiro atoms. The third kappa shape index (κ3) is 7.89. The Hall–Kier alpha value is -1.74. The standard InChI is InChI=1S/C13H16F6O4/c1-11(2,3)8(23-10(22)5-4-9(20)21)6-7(12(14,15)16)13(17,18)19/h4-5,7-8H,6H2,1-3H3,(H,20,21)/p-1/b5-4+. The molecule has 0 bridgehead atoms. The van der Waals surface area contributed by atoms with Gasteiger partial charge >= 0.3 is 18.3 Å². The maximum atomic E-state index is 12.6. The molecule has 0 radical (unpaired) electrons. The third-order valence-corrected chi connectivity index (χ3v) is 2.82. The first-order chi connectivity index (χ1) is 10.0. The van der Waals surface area contributed by atoms with Gasteiger partial charge in [0.15, 0.2) is 5.92 Å². The van der Waals surface area contributed by atoms with Crippen LogP contribution >= 0.6 is 0 Å². The first-order valence-electron chi connectivity index (χ1n) is 6.28. The van der Waals surface area contributed by atoms with Gasteiger partial charge in [-0.25, -0.2) is 4.79 Å². The predicted octanol–water partition coefficient (Wildman–Crippen LogP) is 2.38. The second kappa shape index (κ2) is 7.22. The molecule has 0 aromatic heterocycles. The predicted molar refractivity (Wildman–Crippen MR) is 63.7 cm³/mol. The number of carbonyl (C=O) groups excluding carboxylic acids is 2. The van der Waals surface area contributed by atoms with Crippen molar-refractivity contribution in [3.8, 4) is 0 Å². The molecule has 0 aromatic rings. The van der Waals surface area contributed by atoms with Gasteiger partial charge < -0.3 is 14.6 Å². The maximum Gasteiger partial charge on any atom is 0.400 e. The minimum Gasteiger partial charge on any atom is -0.545 e. The van der Waals surface area contributed by atoms with Crippen LogP contribution in [0.1, 0.15) is 27.2 Å². The number of halogens is 6. The molecule has 0 aliphatic heterocycles. The first-order valence-corrected chi connectivity index (χ1v) is 6.28. The van der Waals surface area contributed by atoms with Crippen LogP contribution in [0.2, 0.25) is 0 Å². The minimum absolute atomic E-state index is 0.257. The molecular weight excluding hydrogens is 334 g/mol. The summed E-state index contributed by atoms with van der Waals surface area (Å²) < 4.78 is 80.1. The van der Waals surface area contributed by atoms with E-state index in [-0.39, 0.29) is 6.08 Å². The van der Waals surface area contributed by atoms with Crippen LogP contribution in [0.25, 0.3) is 0 Å². The summed E-state index contributed by atoms with van der Waals surface area (Å²) in [5.74, 6) is -6.81. The SMILES string of the molecule is CC(C)(C)C(CC(C(F)(F)F)C(F)(F)F)OC(=O)/C=C/C(=O)[O-]. The molecule has 0 heterocycles. The number of carboxylic acids is 1. The number of aliphatic carboxylic acids is 1. The molecule has 10 heteroatoms. The lowest BCUT2D eigenvalue weighted by atomic mass is 9.83. The van der Waals surface area contributed by atoms with Gasteiger partial charge in [0.25, 0.3) is 0 Å². The van der Waals surface area contributed by atoms with E-state index < -0.39 is 48.1 Å². The van der Waals surface area contributed by atoms with Gasteiger partial charge in [-0.3, -0.25) is 0 Å². The van der Waals surface area contributed by atoms with Crippen molar-refractivity contribution in [3.63, 3.8) is 0 Å². The molecular formula is C13H15F6O4-. The van der Waals surface area contributed by atoms with E-state index in [1.165, 1.54) is 20.8 Å². The van der Waals surface area contributed by atoms with Crippen LogP contribution in [0, 0.1) is 11.3 Å². The Morgan fingerprint density at radius 1 is 1.00 bits per heavy atom. The zero-order valence-corrected chi connectivity index (χ0v) is 12.4. The Morgan fingerprint density at radius 3 is 1.74 bits per heavy atom. The van der Waals surface area contributed by atoms with E-state index in [1.54, 1.807) is 0 Å². The number of hydrogen-bond donors (Lipinski definition) is 0. The van der Waals surface area contributed by atoms with Gasteiger partial charge in [-0.1, -0.05) is 20.8 Å². The van der Waals surface area contributed by atoms with Crippen LogP contribution in [-0.4, -0.2) is 30.4 Å². The Bertz CT molecular complexity index is 445. The van der Waals surface area contributed by atoms with Gasteiger partial charge in [-0.05, 0) is 11.5 Å². The number of rotatable bonds is 5. The normalized spacial score (nSPS) is 15.0. The summed E-state index contributed by atoms with van der Waals surface area (Å²) in [6.45, 7) is 3.87. The molecule has 0 fully saturated rings. The van der Waals surface area contributed by atoms with E-state index in [2.05, 4.69) is 4.74 Å². The maximum absolute atomic E-state index is 12.6. The van der Waals surface area contributed by atoms with Crippen LogP contribution in [0.15, 0.2) is 12.2 Å². The van der Waals surface area contributed by atoms with E-state index in [4.69, 9.17) is 0 Å². The Labute approximate surface area is 128 Å². The number of esters is 1. The summed E-state index contributed by atoms with van der Waals surface area (Å²) in [6.07, 6.45) is -13.8. The average Bonchev–Trinajstić information content (AvgIpc) is 2.26. The van der Waals surface area contributed by atoms with Gasteiger partial charge in [0.1, 0.15) is 6.10 Å². The highest BCUT2D eigenvalue weighted by Gasteiger charge is 2.58. The Balaban J connectivity index is 5.35. The molecule has 0 aliphatic rings.